The summed E-state index contributed by atoms with van der Waals surface area (Å²) in [6, 6.07) is 20.6. The van der Waals surface area contributed by atoms with E-state index in [1.54, 1.807) is 0 Å². The van der Waals surface area contributed by atoms with E-state index in [0.717, 1.165) is 12.3 Å². The molecule has 0 amide bonds. The third-order valence-electron chi connectivity index (χ3n) is 2.53. The first kappa shape index (κ1) is 10.6. The second-order valence-electron chi connectivity index (χ2n) is 3.75. The van der Waals surface area contributed by atoms with Gasteiger partial charge in [0, 0.05) is 5.71 Å². The fraction of sp³-hybridized carbons (Fsp3) is 0.133. The zero-order valence-electron chi connectivity index (χ0n) is 9.43. The molecule has 0 N–H and O–H groups in total. The summed E-state index contributed by atoms with van der Waals surface area (Å²) in [5.41, 5.74) is 3.53. The molecule has 0 bridgehead atoms. The lowest BCUT2D eigenvalue weighted by Crippen LogP contribution is -1.95. The number of hydrogen-bond acceptors (Lipinski definition) is 1. The molecule has 0 fully saturated rings. The van der Waals surface area contributed by atoms with Crippen LogP contribution in [-0.4, -0.2) is 5.71 Å². The van der Waals surface area contributed by atoms with Crippen LogP contribution >= 0.6 is 0 Å². The molecule has 1 heteroatoms. The lowest BCUT2D eigenvalue weighted by molar-refractivity contribution is 1.06. The summed E-state index contributed by atoms with van der Waals surface area (Å²) in [7, 11) is 0. The van der Waals surface area contributed by atoms with E-state index in [-0.39, 0.29) is 0 Å². The van der Waals surface area contributed by atoms with Crippen LogP contribution in [0.4, 0.5) is 0 Å². The van der Waals surface area contributed by atoms with Crippen LogP contribution in [0.2, 0.25) is 0 Å². The van der Waals surface area contributed by atoms with E-state index in [2.05, 4.69) is 36.2 Å². The van der Waals surface area contributed by atoms with Gasteiger partial charge in [-0.3, -0.25) is 4.99 Å². The van der Waals surface area contributed by atoms with Crippen molar-refractivity contribution in [1.82, 2.24) is 0 Å². The quantitative estimate of drug-likeness (QED) is 0.683. The molecule has 2 aromatic carbocycles. The Labute approximate surface area is 96.5 Å². The van der Waals surface area contributed by atoms with Crippen LogP contribution < -0.4 is 0 Å². The number of nitrogens with zero attached hydrogens (tertiary/aromatic N) is 1. The maximum absolute atomic E-state index is 4.58. The van der Waals surface area contributed by atoms with Crippen LogP contribution in [0.25, 0.3) is 0 Å². The average Bonchev–Trinajstić information content (AvgIpc) is 2.38. The van der Waals surface area contributed by atoms with Crippen LogP contribution in [0, 0.1) is 0 Å². The van der Waals surface area contributed by atoms with Crippen LogP contribution in [0.1, 0.15) is 18.1 Å². The Morgan fingerprint density at radius 3 is 2.06 bits per heavy atom. The van der Waals surface area contributed by atoms with Crippen molar-refractivity contribution >= 4 is 5.71 Å². The molecule has 0 aliphatic rings. The Morgan fingerprint density at radius 1 is 0.875 bits per heavy atom. The molecule has 0 unspecified atom stereocenters. The molecule has 0 radical (unpaired) electrons. The standard InChI is InChI=1S/C15H15N/c1-13(15-10-6-3-7-11-15)16-12-14-8-4-2-5-9-14/h2-11H,12H2,1H3/b16-13+. The van der Waals surface area contributed by atoms with Gasteiger partial charge in [0.2, 0.25) is 0 Å². The smallest absolute Gasteiger partial charge is 0.0643 e. The van der Waals surface area contributed by atoms with Gasteiger partial charge in [0.15, 0.2) is 0 Å². The fourth-order valence-corrected chi connectivity index (χ4v) is 1.56. The lowest BCUT2D eigenvalue weighted by atomic mass is 10.1. The Kier molecular flexibility index (Phi) is 3.50. The van der Waals surface area contributed by atoms with E-state index in [1.807, 2.05) is 36.4 Å². The Hall–Kier alpha value is -1.89. The maximum atomic E-state index is 4.58. The normalized spacial score (nSPS) is 11.4. The third kappa shape index (κ3) is 2.80. The van der Waals surface area contributed by atoms with Gasteiger partial charge < -0.3 is 0 Å². The molecule has 0 heterocycles. The van der Waals surface area contributed by atoms with Crippen molar-refractivity contribution in [3.8, 4) is 0 Å². The minimum atomic E-state index is 0.752. The molecule has 0 aliphatic carbocycles. The minimum absolute atomic E-state index is 0.752. The second-order valence-corrected chi connectivity index (χ2v) is 3.75. The molecule has 2 rings (SSSR count). The Balaban J connectivity index is 2.09. The molecule has 2 aromatic rings. The topological polar surface area (TPSA) is 12.4 Å². The molecule has 0 saturated carbocycles. The summed E-state index contributed by atoms with van der Waals surface area (Å²) in [6.07, 6.45) is 0. The maximum Gasteiger partial charge on any atom is 0.0643 e. The van der Waals surface area contributed by atoms with Crippen molar-refractivity contribution in [1.29, 1.82) is 0 Å². The van der Waals surface area contributed by atoms with Gasteiger partial charge in [0.25, 0.3) is 0 Å². The van der Waals surface area contributed by atoms with Gasteiger partial charge in [0.05, 0.1) is 6.54 Å². The van der Waals surface area contributed by atoms with E-state index in [1.165, 1.54) is 11.1 Å². The molecule has 80 valence electrons. The monoisotopic (exact) mass is 209 g/mol. The van der Waals surface area contributed by atoms with Crippen molar-refractivity contribution in [3.63, 3.8) is 0 Å². The molecule has 0 atom stereocenters. The van der Waals surface area contributed by atoms with Crippen LogP contribution in [0.3, 0.4) is 0 Å². The first-order chi connectivity index (χ1) is 7.86. The predicted molar refractivity (Wildman–Crippen MR) is 68.8 cm³/mol. The summed E-state index contributed by atoms with van der Waals surface area (Å²) < 4.78 is 0. The molecule has 16 heavy (non-hydrogen) atoms. The van der Waals surface area contributed by atoms with E-state index in [9.17, 15) is 0 Å². The summed E-state index contributed by atoms with van der Waals surface area (Å²) in [5.74, 6) is 0. The van der Waals surface area contributed by atoms with Gasteiger partial charge in [0.1, 0.15) is 0 Å². The molecule has 0 aromatic heterocycles. The highest BCUT2D eigenvalue weighted by Gasteiger charge is 1.95. The number of benzene rings is 2. The Bertz CT molecular complexity index is 457. The number of hydrogen-bond donors (Lipinski definition) is 0. The van der Waals surface area contributed by atoms with Crippen LogP contribution in [-0.2, 0) is 6.54 Å². The van der Waals surface area contributed by atoms with Gasteiger partial charge in [-0.15, -0.1) is 0 Å². The highest BCUT2D eigenvalue weighted by Crippen LogP contribution is 2.04. The minimum Gasteiger partial charge on any atom is -0.285 e. The predicted octanol–water partition coefficient (Wildman–Crippen LogP) is 3.70. The van der Waals surface area contributed by atoms with E-state index >= 15 is 0 Å². The molecular weight excluding hydrogens is 194 g/mol. The fourth-order valence-electron chi connectivity index (χ4n) is 1.56. The van der Waals surface area contributed by atoms with Crippen molar-refractivity contribution in [2.24, 2.45) is 4.99 Å². The van der Waals surface area contributed by atoms with Crippen LogP contribution in [0.5, 0.6) is 0 Å². The molecular formula is C15H15N. The molecule has 0 aliphatic heterocycles. The van der Waals surface area contributed by atoms with Crippen molar-refractivity contribution in [3.05, 3.63) is 71.8 Å². The molecule has 0 saturated heterocycles. The largest absolute Gasteiger partial charge is 0.285 e. The average molecular weight is 209 g/mol. The van der Waals surface area contributed by atoms with Crippen LogP contribution in [0.15, 0.2) is 65.7 Å². The summed E-state index contributed by atoms with van der Waals surface area (Å²) in [5, 5.41) is 0. The highest BCUT2D eigenvalue weighted by molar-refractivity contribution is 5.98. The molecule has 1 nitrogen and oxygen atoms in total. The number of aliphatic imine (C=N–C) groups is 1. The summed E-state index contributed by atoms with van der Waals surface area (Å²) in [6.45, 7) is 2.81. The summed E-state index contributed by atoms with van der Waals surface area (Å²) in [4.78, 5) is 4.58. The zero-order valence-corrected chi connectivity index (χ0v) is 9.43. The first-order valence-corrected chi connectivity index (χ1v) is 5.46. The van der Waals surface area contributed by atoms with Crippen molar-refractivity contribution in [2.75, 3.05) is 0 Å². The van der Waals surface area contributed by atoms with Gasteiger partial charge in [-0.25, -0.2) is 0 Å². The van der Waals surface area contributed by atoms with Gasteiger partial charge in [-0.2, -0.15) is 0 Å². The van der Waals surface area contributed by atoms with E-state index in [4.69, 9.17) is 0 Å². The highest BCUT2D eigenvalue weighted by atomic mass is 14.7. The number of rotatable bonds is 3. The van der Waals surface area contributed by atoms with Gasteiger partial charge >= 0.3 is 0 Å². The Morgan fingerprint density at radius 2 is 1.44 bits per heavy atom. The van der Waals surface area contributed by atoms with Gasteiger partial charge in [-0.05, 0) is 18.1 Å². The van der Waals surface area contributed by atoms with E-state index in [0.29, 0.717) is 0 Å². The second kappa shape index (κ2) is 5.26. The van der Waals surface area contributed by atoms with Crippen molar-refractivity contribution < 1.29 is 0 Å². The van der Waals surface area contributed by atoms with E-state index < -0.39 is 0 Å². The van der Waals surface area contributed by atoms with Gasteiger partial charge in [-0.1, -0.05) is 60.7 Å². The zero-order chi connectivity index (χ0) is 11.2. The molecule has 0 spiro atoms. The third-order valence-corrected chi connectivity index (χ3v) is 2.53. The van der Waals surface area contributed by atoms with Crippen molar-refractivity contribution in [2.45, 2.75) is 13.5 Å². The lowest BCUT2D eigenvalue weighted by Gasteiger charge is -2.01. The first-order valence-electron chi connectivity index (χ1n) is 5.46. The summed E-state index contributed by atoms with van der Waals surface area (Å²) >= 11 is 0. The SMILES string of the molecule is C/C(=N\Cc1ccccc1)c1ccccc1.